The van der Waals surface area contributed by atoms with Gasteiger partial charge in [0.2, 0.25) is 0 Å². The zero-order valence-corrected chi connectivity index (χ0v) is 11.6. The van der Waals surface area contributed by atoms with Crippen LogP contribution in [0.1, 0.15) is 6.42 Å². The molecule has 1 aliphatic heterocycles. The SMILES string of the molecule is COc1ccc(N2CCOC(CCN)C2)cc1OC. The minimum Gasteiger partial charge on any atom is -0.493 e. The normalized spacial score (nSPS) is 19.3. The Morgan fingerprint density at radius 1 is 1.32 bits per heavy atom. The summed E-state index contributed by atoms with van der Waals surface area (Å²) >= 11 is 0. The molecule has 1 saturated heterocycles. The van der Waals surface area contributed by atoms with Crippen LogP contribution >= 0.6 is 0 Å². The van der Waals surface area contributed by atoms with E-state index in [4.69, 9.17) is 19.9 Å². The van der Waals surface area contributed by atoms with Crippen molar-refractivity contribution < 1.29 is 14.2 Å². The molecule has 2 rings (SSSR count). The molecule has 0 saturated carbocycles. The first-order valence-corrected chi connectivity index (χ1v) is 6.57. The van der Waals surface area contributed by atoms with Crippen molar-refractivity contribution in [3.8, 4) is 11.5 Å². The molecule has 1 fully saturated rings. The smallest absolute Gasteiger partial charge is 0.162 e. The van der Waals surface area contributed by atoms with E-state index >= 15 is 0 Å². The molecule has 1 heterocycles. The van der Waals surface area contributed by atoms with Crippen LogP contribution in [0.25, 0.3) is 0 Å². The van der Waals surface area contributed by atoms with Gasteiger partial charge >= 0.3 is 0 Å². The molecule has 1 aliphatic rings. The number of ether oxygens (including phenoxy) is 3. The summed E-state index contributed by atoms with van der Waals surface area (Å²) in [4.78, 5) is 2.30. The summed E-state index contributed by atoms with van der Waals surface area (Å²) in [6.45, 7) is 3.15. The zero-order valence-electron chi connectivity index (χ0n) is 11.6. The summed E-state index contributed by atoms with van der Waals surface area (Å²) in [5, 5.41) is 0. The van der Waals surface area contributed by atoms with Gasteiger partial charge in [-0.3, -0.25) is 0 Å². The number of methoxy groups -OCH3 is 2. The van der Waals surface area contributed by atoms with Crippen LogP contribution in [0.4, 0.5) is 5.69 Å². The molecule has 5 heteroatoms. The second-order valence-corrected chi connectivity index (χ2v) is 4.56. The number of nitrogens with two attached hydrogens (primary N) is 1. The van der Waals surface area contributed by atoms with Gasteiger partial charge in [-0.05, 0) is 25.1 Å². The Morgan fingerprint density at radius 2 is 2.11 bits per heavy atom. The number of rotatable bonds is 5. The summed E-state index contributed by atoms with van der Waals surface area (Å²) in [6, 6.07) is 5.98. The highest BCUT2D eigenvalue weighted by Gasteiger charge is 2.20. The summed E-state index contributed by atoms with van der Waals surface area (Å²) in [5.74, 6) is 1.50. The quantitative estimate of drug-likeness (QED) is 0.869. The van der Waals surface area contributed by atoms with Crippen molar-refractivity contribution in [1.29, 1.82) is 0 Å². The molecule has 0 spiro atoms. The van der Waals surface area contributed by atoms with Gasteiger partial charge < -0.3 is 24.8 Å². The van der Waals surface area contributed by atoms with Gasteiger partial charge in [-0.15, -0.1) is 0 Å². The first-order chi connectivity index (χ1) is 9.28. The first kappa shape index (κ1) is 14.0. The third-order valence-electron chi connectivity index (χ3n) is 3.36. The van der Waals surface area contributed by atoms with Gasteiger partial charge in [0.1, 0.15) is 0 Å². The molecule has 1 aromatic carbocycles. The third kappa shape index (κ3) is 3.30. The van der Waals surface area contributed by atoms with E-state index in [0.717, 1.165) is 43.3 Å². The fourth-order valence-corrected chi connectivity index (χ4v) is 2.34. The highest BCUT2D eigenvalue weighted by molar-refractivity contribution is 5.56. The molecule has 19 heavy (non-hydrogen) atoms. The van der Waals surface area contributed by atoms with Gasteiger partial charge in [0, 0.05) is 24.8 Å². The number of morpholine rings is 1. The van der Waals surface area contributed by atoms with Gasteiger partial charge in [-0.1, -0.05) is 0 Å². The van der Waals surface area contributed by atoms with E-state index < -0.39 is 0 Å². The average Bonchev–Trinajstić information content (AvgIpc) is 2.47. The maximum atomic E-state index is 5.69. The molecular weight excluding hydrogens is 244 g/mol. The van der Waals surface area contributed by atoms with Gasteiger partial charge in [0.05, 0.1) is 26.9 Å². The molecule has 0 aliphatic carbocycles. The predicted molar refractivity (Wildman–Crippen MR) is 75.2 cm³/mol. The van der Waals surface area contributed by atoms with Crippen molar-refractivity contribution in [3.63, 3.8) is 0 Å². The van der Waals surface area contributed by atoms with E-state index in [1.165, 1.54) is 0 Å². The molecule has 0 bridgehead atoms. The Bertz CT molecular complexity index is 410. The van der Waals surface area contributed by atoms with E-state index in [-0.39, 0.29) is 6.10 Å². The van der Waals surface area contributed by atoms with Crippen LogP contribution in [0.2, 0.25) is 0 Å². The van der Waals surface area contributed by atoms with Crippen molar-refractivity contribution in [3.05, 3.63) is 18.2 Å². The molecule has 106 valence electrons. The van der Waals surface area contributed by atoms with Crippen LogP contribution < -0.4 is 20.1 Å². The number of benzene rings is 1. The number of anilines is 1. The van der Waals surface area contributed by atoms with Crippen molar-refractivity contribution in [2.24, 2.45) is 5.73 Å². The van der Waals surface area contributed by atoms with E-state index in [0.29, 0.717) is 6.54 Å². The van der Waals surface area contributed by atoms with Crippen LogP contribution in [0.5, 0.6) is 11.5 Å². The van der Waals surface area contributed by atoms with Gasteiger partial charge in [-0.25, -0.2) is 0 Å². The number of hydrogen-bond acceptors (Lipinski definition) is 5. The predicted octanol–water partition coefficient (Wildman–Crippen LogP) is 1.26. The monoisotopic (exact) mass is 266 g/mol. The minimum absolute atomic E-state index is 0.215. The summed E-state index contributed by atoms with van der Waals surface area (Å²) in [7, 11) is 3.29. The Morgan fingerprint density at radius 3 is 2.79 bits per heavy atom. The third-order valence-corrected chi connectivity index (χ3v) is 3.36. The van der Waals surface area contributed by atoms with E-state index in [1.807, 2.05) is 18.2 Å². The van der Waals surface area contributed by atoms with Gasteiger partial charge in [-0.2, -0.15) is 0 Å². The van der Waals surface area contributed by atoms with Crippen molar-refractivity contribution >= 4 is 5.69 Å². The van der Waals surface area contributed by atoms with Crippen LogP contribution in [0.3, 0.4) is 0 Å². The van der Waals surface area contributed by atoms with Gasteiger partial charge in [0.15, 0.2) is 11.5 Å². The number of hydrogen-bond donors (Lipinski definition) is 1. The lowest BCUT2D eigenvalue weighted by molar-refractivity contribution is 0.0368. The molecule has 5 nitrogen and oxygen atoms in total. The summed E-state index contributed by atoms with van der Waals surface area (Å²) in [5.41, 5.74) is 6.72. The molecule has 0 radical (unpaired) electrons. The molecule has 0 amide bonds. The molecule has 2 N–H and O–H groups in total. The van der Waals surface area contributed by atoms with E-state index in [9.17, 15) is 0 Å². The zero-order chi connectivity index (χ0) is 13.7. The molecule has 1 unspecified atom stereocenters. The first-order valence-electron chi connectivity index (χ1n) is 6.57. The van der Waals surface area contributed by atoms with Crippen molar-refractivity contribution in [2.75, 3.05) is 45.4 Å². The maximum Gasteiger partial charge on any atom is 0.162 e. The standard InChI is InChI=1S/C14H22N2O3/c1-17-13-4-3-11(9-14(13)18-2)16-7-8-19-12(10-16)5-6-15/h3-4,9,12H,5-8,10,15H2,1-2H3. The second-order valence-electron chi connectivity index (χ2n) is 4.56. The Hall–Kier alpha value is -1.46. The highest BCUT2D eigenvalue weighted by Crippen LogP contribution is 2.32. The fraction of sp³-hybridized carbons (Fsp3) is 0.571. The van der Waals surface area contributed by atoms with Crippen LogP contribution in [-0.2, 0) is 4.74 Å². The summed E-state index contributed by atoms with van der Waals surface area (Å²) < 4.78 is 16.3. The van der Waals surface area contributed by atoms with Crippen molar-refractivity contribution in [2.45, 2.75) is 12.5 Å². The topological polar surface area (TPSA) is 57.0 Å². The lowest BCUT2D eigenvalue weighted by atomic mass is 10.1. The Kier molecular flexibility index (Phi) is 4.87. The second kappa shape index (κ2) is 6.63. The van der Waals surface area contributed by atoms with Crippen LogP contribution in [-0.4, -0.2) is 46.6 Å². The Labute approximate surface area is 114 Å². The molecule has 1 atom stereocenters. The largest absolute Gasteiger partial charge is 0.493 e. The van der Waals surface area contributed by atoms with Gasteiger partial charge in [0.25, 0.3) is 0 Å². The highest BCUT2D eigenvalue weighted by atomic mass is 16.5. The fourth-order valence-electron chi connectivity index (χ4n) is 2.34. The maximum absolute atomic E-state index is 5.69. The molecular formula is C14H22N2O3. The van der Waals surface area contributed by atoms with E-state index in [1.54, 1.807) is 14.2 Å². The van der Waals surface area contributed by atoms with E-state index in [2.05, 4.69) is 4.90 Å². The molecule has 1 aromatic rings. The minimum atomic E-state index is 0.215. The molecule has 0 aromatic heterocycles. The van der Waals surface area contributed by atoms with Crippen molar-refractivity contribution in [1.82, 2.24) is 0 Å². The average molecular weight is 266 g/mol. The van der Waals surface area contributed by atoms with Crippen LogP contribution in [0.15, 0.2) is 18.2 Å². The lowest BCUT2D eigenvalue weighted by Gasteiger charge is -2.34. The summed E-state index contributed by atoms with van der Waals surface area (Å²) in [6.07, 6.45) is 1.11. The number of nitrogens with zero attached hydrogens (tertiary/aromatic N) is 1. The van der Waals surface area contributed by atoms with Crippen LogP contribution in [0, 0.1) is 0 Å². The Balaban J connectivity index is 2.12. The lowest BCUT2D eigenvalue weighted by Crippen LogP contribution is -2.43.